The van der Waals surface area contributed by atoms with Gasteiger partial charge in [0, 0.05) is 6.54 Å². The number of rotatable bonds is 4. The number of phenols is 1. The van der Waals surface area contributed by atoms with E-state index in [0.29, 0.717) is 18.5 Å². The van der Waals surface area contributed by atoms with Crippen molar-refractivity contribution in [1.82, 2.24) is 5.32 Å². The van der Waals surface area contributed by atoms with Gasteiger partial charge in [-0.2, -0.15) is 0 Å². The zero-order chi connectivity index (χ0) is 11.3. The molecule has 1 aromatic carbocycles. The van der Waals surface area contributed by atoms with E-state index in [1.54, 1.807) is 6.07 Å². The van der Waals surface area contributed by atoms with Gasteiger partial charge in [-0.3, -0.25) is 4.79 Å². The molecule has 0 aromatic heterocycles. The van der Waals surface area contributed by atoms with E-state index in [0.717, 1.165) is 0 Å². The lowest BCUT2D eigenvalue weighted by Gasteiger charge is -2.05. The first-order valence-corrected chi connectivity index (χ1v) is 4.26. The average Bonchev–Trinajstić information content (AvgIpc) is 2.25. The first kappa shape index (κ1) is 11.0. The highest BCUT2D eigenvalue weighted by Gasteiger charge is 2.11. The fourth-order valence-electron chi connectivity index (χ4n) is 1.13. The van der Waals surface area contributed by atoms with Gasteiger partial charge in [0.2, 0.25) is 6.41 Å². The van der Waals surface area contributed by atoms with Gasteiger partial charge in [0.15, 0.2) is 0 Å². The van der Waals surface area contributed by atoms with Gasteiger partial charge in [-0.25, -0.2) is 4.79 Å². The normalized spacial score (nSPS) is 9.40. The summed E-state index contributed by atoms with van der Waals surface area (Å²) in [6.45, 7) is 0.304. The van der Waals surface area contributed by atoms with E-state index in [1.165, 1.54) is 19.2 Å². The van der Waals surface area contributed by atoms with Crippen molar-refractivity contribution in [3.05, 3.63) is 29.3 Å². The molecule has 0 aliphatic rings. The average molecular weight is 209 g/mol. The molecule has 2 N–H and O–H groups in total. The molecule has 0 atom stereocenters. The fourth-order valence-corrected chi connectivity index (χ4v) is 1.13. The summed E-state index contributed by atoms with van der Waals surface area (Å²) in [6.07, 6.45) is 0.561. The van der Waals surface area contributed by atoms with Crippen molar-refractivity contribution in [1.29, 1.82) is 0 Å². The molecule has 0 bridgehead atoms. The van der Waals surface area contributed by atoms with Crippen LogP contribution in [-0.4, -0.2) is 24.6 Å². The number of ether oxygens (including phenoxy) is 1. The van der Waals surface area contributed by atoms with Crippen molar-refractivity contribution in [2.75, 3.05) is 7.11 Å². The van der Waals surface area contributed by atoms with Crippen LogP contribution in [0, 0.1) is 0 Å². The van der Waals surface area contributed by atoms with E-state index in [4.69, 9.17) is 0 Å². The third-order valence-electron chi connectivity index (χ3n) is 1.86. The molecule has 15 heavy (non-hydrogen) atoms. The molecular formula is C10H11NO4. The molecule has 1 rings (SSSR count). The van der Waals surface area contributed by atoms with E-state index in [2.05, 4.69) is 10.1 Å². The van der Waals surface area contributed by atoms with Crippen LogP contribution < -0.4 is 5.32 Å². The zero-order valence-electron chi connectivity index (χ0n) is 8.19. The topological polar surface area (TPSA) is 75.6 Å². The number of esters is 1. The molecule has 5 nitrogen and oxygen atoms in total. The lowest BCUT2D eigenvalue weighted by Crippen LogP contribution is -2.10. The van der Waals surface area contributed by atoms with Crippen molar-refractivity contribution in [2.45, 2.75) is 6.54 Å². The summed E-state index contributed by atoms with van der Waals surface area (Å²) in [5.74, 6) is -0.755. The first-order chi connectivity index (χ1) is 7.19. The molecule has 0 saturated heterocycles. The van der Waals surface area contributed by atoms with Crippen LogP contribution in [0.15, 0.2) is 18.2 Å². The number of carbonyl (C=O) groups excluding carboxylic acids is 2. The van der Waals surface area contributed by atoms with E-state index < -0.39 is 5.97 Å². The summed E-state index contributed by atoms with van der Waals surface area (Å²) in [4.78, 5) is 21.1. The van der Waals surface area contributed by atoms with Gasteiger partial charge >= 0.3 is 5.97 Å². The monoisotopic (exact) mass is 209 g/mol. The Morgan fingerprint density at radius 3 is 2.87 bits per heavy atom. The molecule has 0 saturated carbocycles. The molecular weight excluding hydrogens is 198 g/mol. The standard InChI is InChI=1S/C10H11NO4/c1-15-10(14)8-3-2-7(4-9(8)13)5-11-6-12/h2-4,6,13H,5H2,1H3,(H,11,12). The number of phenolic OH excluding ortho intramolecular Hbond substituents is 1. The van der Waals surface area contributed by atoms with Crippen LogP contribution in [0.25, 0.3) is 0 Å². The number of carbonyl (C=O) groups is 2. The number of benzene rings is 1. The van der Waals surface area contributed by atoms with E-state index in [-0.39, 0.29) is 11.3 Å². The van der Waals surface area contributed by atoms with Crippen molar-refractivity contribution in [3.63, 3.8) is 0 Å². The van der Waals surface area contributed by atoms with Gasteiger partial charge in [0.05, 0.1) is 7.11 Å². The Labute approximate surface area is 86.7 Å². The van der Waals surface area contributed by atoms with Gasteiger partial charge in [0.1, 0.15) is 11.3 Å². The second kappa shape index (κ2) is 4.99. The molecule has 80 valence electrons. The predicted octanol–water partition coefficient (Wildman–Crippen LogP) is 0.425. The third-order valence-corrected chi connectivity index (χ3v) is 1.86. The Morgan fingerprint density at radius 1 is 1.60 bits per heavy atom. The van der Waals surface area contributed by atoms with Gasteiger partial charge in [0.25, 0.3) is 0 Å². The van der Waals surface area contributed by atoms with Gasteiger partial charge < -0.3 is 15.2 Å². The zero-order valence-corrected chi connectivity index (χ0v) is 8.19. The molecule has 0 heterocycles. The van der Waals surface area contributed by atoms with E-state index in [1.807, 2.05) is 0 Å². The summed E-state index contributed by atoms with van der Waals surface area (Å²) in [5.41, 5.74) is 0.805. The Balaban J connectivity index is 2.87. The number of aromatic hydroxyl groups is 1. The molecule has 0 aliphatic heterocycles. The third kappa shape index (κ3) is 2.70. The molecule has 0 spiro atoms. The number of nitrogens with one attached hydrogen (secondary N) is 1. The van der Waals surface area contributed by atoms with Crippen molar-refractivity contribution in [3.8, 4) is 5.75 Å². The van der Waals surface area contributed by atoms with Crippen LogP contribution in [0.4, 0.5) is 0 Å². The highest BCUT2D eigenvalue weighted by Crippen LogP contribution is 2.19. The Bertz CT molecular complexity index is 376. The van der Waals surface area contributed by atoms with Crippen LogP contribution >= 0.6 is 0 Å². The number of hydrogen-bond acceptors (Lipinski definition) is 4. The van der Waals surface area contributed by atoms with Crippen LogP contribution in [-0.2, 0) is 16.1 Å². The maximum absolute atomic E-state index is 11.1. The second-order valence-corrected chi connectivity index (χ2v) is 2.84. The summed E-state index contributed by atoms with van der Waals surface area (Å²) >= 11 is 0. The van der Waals surface area contributed by atoms with Gasteiger partial charge in [-0.05, 0) is 17.7 Å². The number of methoxy groups -OCH3 is 1. The molecule has 0 aliphatic carbocycles. The highest BCUT2D eigenvalue weighted by molar-refractivity contribution is 5.92. The molecule has 1 aromatic rings. The molecule has 0 fully saturated rings. The Hall–Kier alpha value is -2.04. The quantitative estimate of drug-likeness (QED) is 0.556. The maximum atomic E-state index is 11.1. The van der Waals surface area contributed by atoms with Crippen molar-refractivity contribution < 1.29 is 19.4 Å². The molecule has 0 unspecified atom stereocenters. The Morgan fingerprint density at radius 2 is 2.33 bits per heavy atom. The van der Waals surface area contributed by atoms with E-state index >= 15 is 0 Å². The highest BCUT2D eigenvalue weighted by atomic mass is 16.5. The largest absolute Gasteiger partial charge is 0.507 e. The number of amides is 1. The Kier molecular flexibility index (Phi) is 3.68. The van der Waals surface area contributed by atoms with Crippen molar-refractivity contribution in [2.24, 2.45) is 0 Å². The van der Waals surface area contributed by atoms with Crippen LogP contribution in [0.1, 0.15) is 15.9 Å². The predicted molar refractivity (Wildman–Crippen MR) is 52.4 cm³/mol. The van der Waals surface area contributed by atoms with Crippen LogP contribution in [0.5, 0.6) is 5.75 Å². The minimum absolute atomic E-state index is 0.104. The smallest absolute Gasteiger partial charge is 0.341 e. The minimum atomic E-state index is -0.595. The SMILES string of the molecule is COC(=O)c1ccc(CNC=O)cc1O. The summed E-state index contributed by atoms with van der Waals surface area (Å²) in [6, 6.07) is 4.48. The van der Waals surface area contributed by atoms with Crippen molar-refractivity contribution >= 4 is 12.4 Å². The van der Waals surface area contributed by atoms with Gasteiger partial charge in [-0.15, -0.1) is 0 Å². The van der Waals surface area contributed by atoms with Crippen LogP contribution in [0.2, 0.25) is 0 Å². The lowest BCUT2D eigenvalue weighted by atomic mass is 10.1. The summed E-state index contributed by atoms with van der Waals surface area (Å²) < 4.78 is 4.47. The minimum Gasteiger partial charge on any atom is -0.507 e. The summed E-state index contributed by atoms with van der Waals surface area (Å²) in [5, 5.41) is 11.9. The first-order valence-electron chi connectivity index (χ1n) is 4.26. The van der Waals surface area contributed by atoms with Crippen LogP contribution in [0.3, 0.4) is 0 Å². The number of hydrogen-bond donors (Lipinski definition) is 2. The molecule has 5 heteroatoms. The van der Waals surface area contributed by atoms with Gasteiger partial charge in [-0.1, -0.05) is 6.07 Å². The summed E-state index contributed by atoms with van der Waals surface area (Å²) in [7, 11) is 1.24. The molecule has 0 radical (unpaired) electrons. The van der Waals surface area contributed by atoms with E-state index in [9.17, 15) is 14.7 Å². The fraction of sp³-hybridized carbons (Fsp3) is 0.200. The maximum Gasteiger partial charge on any atom is 0.341 e. The second-order valence-electron chi connectivity index (χ2n) is 2.84. The lowest BCUT2D eigenvalue weighted by molar-refractivity contribution is -0.109. The molecule has 1 amide bonds.